The van der Waals surface area contributed by atoms with Gasteiger partial charge in [-0.25, -0.2) is 4.98 Å². The van der Waals surface area contributed by atoms with Crippen molar-refractivity contribution in [1.82, 2.24) is 10.3 Å². The highest BCUT2D eigenvalue weighted by Gasteiger charge is 2.33. The van der Waals surface area contributed by atoms with E-state index >= 15 is 0 Å². The van der Waals surface area contributed by atoms with Crippen LogP contribution in [0.1, 0.15) is 30.5 Å². The van der Waals surface area contributed by atoms with Crippen molar-refractivity contribution >= 4 is 11.7 Å². The maximum atomic E-state index is 12.6. The Morgan fingerprint density at radius 3 is 2.71 bits per heavy atom. The fourth-order valence-corrected chi connectivity index (χ4v) is 1.66. The van der Waals surface area contributed by atoms with Crippen LogP contribution in [0.2, 0.25) is 0 Å². The Morgan fingerprint density at radius 1 is 1.43 bits per heavy atom. The molecule has 0 unspecified atom stereocenters. The van der Waals surface area contributed by atoms with Crippen LogP contribution in [-0.4, -0.2) is 23.5 Å². The summed E-state index contributed by atoms with van der Waals surface area (Å²) in [6.45, 7) is 0.113. The van der Waals surface area contributed by atoms with Crippen LogP contribution in [0.3, 0.4) is 0 Å². The molecule has 0 radical (unpaired) electrons. The zero-order chi connectivity index (χ0) is 15.5. The van der Waals surface area contributed by atoms with Crippen LogP contribution in [0.25, 0.3) is 0 Å². The van der Waals surface area contributed by atoms with Crippen molar-refractivity contribution in [2.24, 2.45) is 0 Å². The SMILES string of the molecule is N#Cc1ccc(C(F)(F)F)nc1NCCC(=O)NC1CC1. The number of halogens is 3. The van der Waals surface area contributed by atoms with Crippen LogP contribution in [0.4, 0.5) is 19.0 Å². The minimum Gasteiger partial charge on any atom is -0.368 e. The molecular weight excluding hydrogens is 285 g/mol. The van der Waals surface area contributed by atoms with Gasteiger partial charge in [0.05, 0.1) is 5.56 Å². The van der Waals surface area contributed by atoms with E-state index in [-0.39, 0.29) is 36.3 Å². The molecule has 0 aromatic carbocycles. The number of pyridine rings is 1. The predicted octanol–water partition coefficient (Wildman–Crippen LogP) is 2.05. The molecule has 2 rings (SSSR count). The van der Waals surface area contributed by atoms with Crippen molar-refractivity contribution in [2.75, 3.05) is 11.9 Å². The molecule has 1 aromatic heterocycles. The predicted molar refractivity (Wildman–Crippen MR) is 68.2 cm³/mol. The number of carbonyl (C=O) groups excluding carboxylic acids is 1. The van der Waals surface area contributed by atoms with Crippen LogP contribution in [0.5, 0.6) is 0 Å². The number of nitrogens with one attached hydrogen (secondary N) is 2. The standard InChI is InChI=1S/C13H13F3N4O/c14-13(15,16)10-4-1-8(7-17)12(20-10)18-6-5-11(21)19-9-2-3-9/h1,4,9H,2-3,5-6H2,(H,18,20)(H,19,21). The second-order valence-corrected chi connectivity index (χ2v) is 4.72. The summed E-state index contributed by atoms with van der Waals surface area (Å²) in [5.41, 5.74) is -1.07. The molecule has 1 heterocycles. The number of anilines is 1. The van der Waals surface area contributed by atoms with Crippen molar-refractivity contribution in [3.05, 3.63) is 23.4 Å². The molecule has 1 amide bonds. The number of amides is 1. The van der Waals surface area contributed by atoms with E-state index in [1.807, 2.05) is 0 Å². The molecule has 1 fully saturated rings. The molecule has 2 N–H and O–H groups in total. The third kappa shape index (κ3) is 4.34. The Hall–Kier alpha value is -2.30. The Kier molecular flexibility index (Phi) is 4.31. The summed E-state index contributed by atoms with van der Waals surface area (Å²) in [6, 6.07) is 3.81. The van der Waals surface area contributed by atoms with Gasteiger partial charge in [-0.2, -0.15) is 18.4 Å². The summed E-state index contributed by atoms with van der Waals surface area (Å²) < 4.78 is 37.7. The Labute approximate surface area is 119 Å². The Bertz CT molecular complexity index is 576. The van der Waals surface area contributed by atoms with Gasteiger partial charge in [-0.15, -0.1) is 0 Å². The second-order valence-electron chi connectivity index (χ2n) is 4.72. The number of nitrogens with zero attached hydrogens (tertiary/aromatic N) is 2. The molecule has 1 saturated carbocycles. The number of rotatable bonds is 5. The molecule has 1 aromatic rings. The van der Waals surface area contributed by atoms with Gasteiger partial charge in [-0.05, 0) is 25.0 Å². The first kappa shape index (κ1) is 15.1. The lowest BCUT2D eigenvalue weighted by atomic mass is 10.2. The fourth-order valence-electron chi connectivity index (χ4n) is 1.66. The van der Waals surface area contributed by atoms with Crippen molar-refractivity contribution in [3.63, 3.8) is 0 Å². The summed E-state index contributed by atoms with van der Waals surface area (Å²) in [5.74, 6) is -0.331. The summed E-state index contributed by atoms with van der Waals surface area (Å²) in [5, 5.41) is 14.2. The van der Waals surface area contributed by atoms with Gasteiger partial charge < -0.3 is 10.6 Å². The quantitative estimate of drug-likeness (QED) is 0.872. The first-order chi connectivity index (χ1) is 9.90. The highest BCUT2D eigenvalue weighted by molar-refractivity contribution is 5.77. The van der Waals surface area contributed by atoms with Gasteiger partial charge in [0, 0.05) is 19.0 Å². The lowest BCUT2D eigenvalue weighted by Gasteiger charge is -2.11. The van der Waals surface area contributed by atoms with E-state index in [9.17, 15) is 18.0 Å². The fraction of sp³-hybridized carbons (Fsp3) is 0.462. The lowest BCUT2D eigenvalue weighted by Crippen LogP contribution is -2.27. The van der Waals surface area contributed by atoms with E-state index < -0.39 is 11.9 Å². The minimum atomic E-state index is -4.58. The van der Waals surface area contributed by atoms with Crippen molar-refractivity contribution in [1.29, 1.82) is 5.26 Å². The number of alkyl halides is 3. The van der Waals surface area contributed by atoms with Gasteiger partial charge in [0.15, 0.2) is 0 Å². The molecule has 21 heavy (non-hydrogen) atoms. The first-order valence-corrected chi connectivity index (χ1v) is 6.41. The molecule has 0 atom stereocenters. The second kappa shape index (κ2) is 5.99. The van der Waals surface area contributed by atoms with E-state index in [1.54, 1.807) is 6.07 Å². The zero-order valence-corrected chi connectivity index (χ0v) is 11.0. The van der Waals surface area contributed by atoms with Crippen LogP contribution in [0.15, 0.2) is 12.1 Å². The van der Waals surface area contributed by atoms with Gasteiger partial charge >= 0.3 is 6.18 Å². The maximum absolute atomic E-state index is 12.6. The van der Waals surface area contributed by atoms with Gasteiger partial charge in [0.25, 0.3) is 0 Å². The van der Waals surface area contributed by atoms with Crippen molar-refractivity contribution in [2.45, 2.75) is 31.5 Å². The molecule has 8 heteroatoms. The number of carbonyl (C=O) groups is 1. The van der Waals surface area contributed by atoms with Crippen LogP contribution in [-0.2, 0) is 11.0 Å². The van der Waals surface area contributed by atoms with Crippen LogP contribution in [0, 0.1) is 11.3 Å². The molecule has 0 spiro atoms. The highest BCUT2D eigenvalue weighted by Crippen LogP contribution is 2.29. The van der Waals surface area contributed by atoms with Crippen LogP contribution >= 0.6 is 0 Å². The molecule has 0 bridgehead atoms. The van der Waals surface area contributed by atoms with Gasteiger partial charge in [0.2, 0.25) is 5.91 Å². The van der Waals surface area contributed by atoms with E-state index in [1.165, 1.54) is 0 Å². The first-order valence-electron chi connectivity index (χ1n) is 6.41. The number of nitriles is 1. The van der Waals surface area contributed by atoms with Gasteiger partial charge in [-0.1, -0.05) is 0 Å². The van der Waals surface area contributed by atoms with Crippen LogP contribution < -0.4 is 10.6 Å². The molecule has 1 aliphatic carbocycles. The van der Waals surface area contributed by atoms with E-state index in [2.05, 4.69) is 15.6 Å². The Balaban J connectivity index is 1.97. The van der Waals surface area contributed by atoms with E-state index in [0.717, 1.165) is 25.0 Å². The third-order valence-electron chi connectivity index (χ3n) is 2.89. The van der Waals surface area contributed by atoms with E-state index in [4.69, 9.17) is 5.26 Å². The third-order valence-corrected chi connectivity index (χ3v) is 2.89. The molecule has 0 saturated heterocycles. The van der Waals surface area contributed by atoms with Gasteiger partial charge in [-0.3, -0.25) is 4.79 Å². The average Bonchev–Trinajstić information content (AvgIpc) is 3.21. The minimum absolute atomic E-state index is 0.00519. The largest absolute Gasteiger partial charge is 0.433 e. The van der Waals surface area contributed by atoms with Crippen molar-refractivity contribution < 1.29 is 18.0 Å². The Morgan fingerprint density at radius 2 is 2.14 bits per heavy atom. The summed E-state index contributed by atoms with van der Waals surface area (Å²) in [7, 11) is 0. The summed E-state index contributed by atoms with van der Waals surface area (Å²) >= 11 is 0. The smallest absolute Gasteiger partial charge is 0.368 e. The lowest BCUT2D eigenvalue weighted by molar-refractivity contribution is -0.141. The number of hydrogen-bond acceptors (Lipinski definition) is 4. The van der Waals surface area contributed by atoms with Gasteiger partial charge in [0.1, 0.15) is 17.6 Å². The normalized spacial score (nSPS) is 14.4. The zero-order valence-electron chi connectivity index (χ0n) is 11.0. The monoisotopic (exact) mass is 298 g/mol. The maximum Gasteiger partial charge on any atom is 0.433 e. The number of hydrogen-bond donors (Lipinski definition) is 2. The van der Waals surface area contributed by atoms with E-state index in [0.29, 0.717) is 0 Å². The number of aromatic nitrogens is 1. The highest BCUT2D eigenvalue weighted by atomic mass is 19.4. The van der Waals surface area contributed by atoms with Crippen molar-refractivity contribution in [3.8, 4) is 6.07 Å². The average molecular weight is 298 g/mol. The molecule has 1 aliphatic rings. The topological polar surface area (TPSA) is 77.8 Å². The summed E-state index contributed by atoms with van der Waals surface area (Å²) in [6.07, 6.45) is -2.53. The molecular formula is C13H13F3N4O. The molecule has 112 valence electrons. The summed E-state index contributed by atoms with van der Waals surface area (Å²) in [4.78, 5) is 14.8. The molecule has 5 nitrogen and oxygen atoms in total. The molecule has 0 aliphatic heterocycles.